The van der Waals surface area contributed by atoms with Crippen molar-refractivity contribution >= 4 is 10.9 Å². The third kappa shape index (κ3) is 2.43. The van der Waals surface area contributed by atoms with Gasteiger partial charge in [-0.15, -0.1) is 0 Å². The molecule has 0 saturated carbocycles. The first kappa shape index (κ1) is 11.4. The molecule has 1 heterocycles. The number of benzene rings is 1. The summed E-state index contributed by atoms with van der Waals surface area (Å²) in [6.07, 6.45) is 0. The van der Waals surface area contributed by atoms with Crippen molar-refractivity contribution in [2.75, 3.05) is 0 Å². The molecular formula is C12H14FNO. The van der Waals surface area contributed by atoms with Crippen molar-refractivity contribution in [1.29, 1.82) is 0 Å². The minimum Gasteiger partial charge on any atom is -0.322 e. The molecule has 15 heavy (non-hydrogen) atoms. The summed E-state index contributed by atoms with van der Waals surface area (Å²) in [5.41, 5.74) is 1.21. The Bertz CT molecular complexity index is 517. The van der Waals surface area contributed by atoms with E-state index in [0.29, 0.717) is 5.52 Å². The van der Waals surface area contributed by atoms with Crippen LogP contribution >= 0.6 is 0 Å². The fourth-order valence-electron chi connectivity index (χ4n) is 1.41. The van der Waals surface area contributed by atoms with Gasteiger partial charge in [0.15, 0.2) is 0 Å². The summed E-state index contributed by atoms with van der Waals surface area (Å²) in [4.78, 5) is 13.6. The normalized spacial score (nSPS) is 9.60. The highest BCUT2D eigenvalue weighted by molar-refractivity contribution is 5.81. The van der Waals surface area contributed by atoms with Crippen molar-refractivity contribution in [2.24, 2.45) is 0 Å². The second kappa shape index (κ2) is 4.73. The highest BCUT2D eigenvalue weighted by Gasteiger charge is 1.99. The zero-order valence-corrected chi connectivity index (χ0v) is 9.10. The number of pyridine rings is 1. The second-order valence-electron chi connectivity index (χ2n) is 3.01. The zero-order chi connectivity index (χ0) is 11.4. The monoisotopic (exact) mass is 207 g/mol. The maximum atomic E-state index is 12.8. The Labute approximate surface area is 87.8 Å². The molecule has 1 N–H and O–H groups in total. The lowest BCUT2D eigenvalue weighted by Crippen LogP contribution is -2.04. The summed E-state index contributed by atoms with van der Waals surface area (Å²) in [6, 6.07) is 5.87. The number of aromatic amines is 1. The molecule has 0 spiro atoms. The lowest BCUT2D eigenvalue weighted by molar-refractivity contribution is 0.629. The molecule has 0 saturated heterocycles. The van der Waals surface area contributed by atoms with Crippen LogP contribution in [0.15, 0.2) is 29.1 Å². The third-order valence-electron chi connectivity index (χ3n) is 2.01. The first-order chi connectivity index (χ1) is 7.16. The largest absolute Gasteiger partial charge is 0.322 e. The van der Waals surface area contributed by atoms with Crippen LogP contribution in [0.25, 0.3) is 10.9 Å². The number of hydrogen-bond acceptors (Lipinski definition) is 1. The van der Waals surface area contributed by atoms with Gasteiger partial charge < -0.3 is 4.98 Å². The highest BCUT2D eigenvalue weighted by atomic mass is 19.1. The summed E-state index contributed by atoms with van der Waals surface area (Å²) in [5, 5.41) is 0.876. The first-order valence-electron chi connectivity index (χ1n) is 4.96. The average Bonchev–Trinajstić information content (AvgIpc) is 2.19. The van der Waals surface area contributed by atoms with Gasteiger partial charge in [0.05, 0.1) is 5.52 Å². The van der Waals surface area contributed by atoms with Gasteiger partial charge in [0.25, 0.3) is 0 Å². The smallest absolute Gasteiger partial charge is 0.248 e. The molecule has 2 aromatic rings. The van der Waals surface area contributed by atoms with E-state index in [2.05, 4.69) is 4.98 Å². The number of aromatic nitrogens is 1. The molecule has 0 fully saturated rings. The van der Waals surface area contributed by atoms with E-state index < -0.39 is 0 Å². The van der Waals surface area contributed by atoms with Crippen molar-refractivity contribution < 1.29 is 4.39 Å². The molecule has 0 unspecified atom stereocenters. The molecule has 1 aromatic heterocycles. The van der Waals surface area contributed by atoms with Gasteiger partial charge in [0.1, 0.15) is 5.82 Å². The fourth-order valence-corrected chi connectivity index (χ4v) is 1.41. The predicted octanol–water partition coefficient (Wildman–Crippen LogP) is 3.00. The predicted molar refractivity (Wildman–Crippen MR) is 60.6 cm³/mol. The van der Waals surface area contributed by atoms with Gasteiger partial charge >= 0.3 is 0 Å². The number of nitrogens with one attached hydrogen (secondary N) is 1. The molecular weight excluding hydrogens is 193 g/mol. The summed E-state index contributed by atoms with van der Waals surface area (Å²) in [6.45, 7) is 5.83. The zero-order valence-electron chi connectivity index (χ0n) is 9.10. The van der Waals surface area contributed by atoms with Crippen LogP contribution in [0, 0.1) is 12.7 Å². The van der Waals surface area contributed by atoms with E-state index in [-0.39, 0.29) is 11.4 Å². The summed E-state index contributed by atoms with van der Waals surface area (Å²) >= 11 is 0. The van der Waals surface area contributed by atoms with Crippen LogP contribution in [0.5, 0.6) is 0 Å². The topological polar surface area (TPSA) is 32.9 Å². The molecule has 0 atom stereocenters. The van der Waals surface area contributed by atoms with Gasteiger partial charge in [-0.1, -0.05) is 13.8 Å². The van der Waals surface area contributed by atoms with Crippen LogP contribution in [0.2, 0.25) is 0 Å². The maximum Gasteiger partial charge on any atom is 0.248 e. The summed E-state index contributed by atoms with van der Waals surface area (Å²) in [5.74, 6) is -0.339. The molecule has 1 aromatic carbocycles. The van der Waals surface area contributed by atoms with Crippen LogP contribution in [0.4, 0.5) is 4.39 Å². The van der Waals surface area contributed by atoms with E-state index in [0.717, 1.165) is 10.9 Å². The van der Waals surface area contributed by atoms with E-state index >= 15 is 0 Å². The minimum absolute atomic E-state index is 0.199. The van der Waals surface area contributed by atoms with Crippen molar-refractivity contribution in [3.8, 4) is 0 Å². The van der Waals surface area contributed by atoms with Gasteiger partial charge in [-0.3, -0.25) is 4.79 Å². The average molecular weight is 207 g/mol. The van der Waals surface area contributed by atoms with Gasteiger partial charge in [0, 0.05) is 11.5 Å². The van der Waals surface area contributed by atoms with Gasteiger partial charge in [-0.2, -0.15) is 0 Å². The van der Waals surface area contributed by atoms with Gasteiger partial charge in [-0.25, -0.2) is 4.39 Å². The van der Waals surface area contributed by atoms with Crippen molar-refractivity contribution in [1.82, 2.24) is 4.98 Å². The van der Waals surface area contributed by atoms with Crippen LogP contribution in [0.1, 0.15) is 19.4 Å². The van der Waals surface area contributed by atoms with Crippen molar-refractivity contribution in [3.05, 3.63) is 46.0 Å². The number of hydrogen-bond donors (Lipinski definition) is 1. The van der Waals surface area contributed by atoms with Crippen molar-refractivity contribution in [2.45, 2.75) is 20.8 Å². The van der Waals surface area contributed by atoms with Gasteiger partial charge in [-0.05, 0) is 30.7 Å². The van der Waals surface area contributed by atoms with Gasteiger partial charge in [0.2, 0.25) is 5.56 Å². The molecule has 80 valence electrons. The van der Waals surface area contributed by atoms with E-state index in [9.17, 15) is 9.18 Å². The Morgan fingerprint density at radius 2 is 1.87 bits per heavy atom. The third-order valence-corrected chi connectivity index (χ3v) is 2.01. The number of rotatable bonds is 0. The van der Waals surface area contributed by atoms with Crippen LogP contribution < -0.4 is 5.56 Å². The number of halogens is 1. The van der Waals surface area contributed by atoms with Crippen LogP contribution in [0.3, 0.4) is 0 Å². The van der Waals surface area contributed by atoms with E-state index in [1.165, 1.54) is 18.2 Å². The Hall–Kier alpha value is -1.64. The molecule has 0 amide bonds. The van der Waals surface area contributed by atoms with E-state index in [1.54, 1.807) is 6.07 Å². The number of aryl methyl sites for hydroxylation is 1. The lowest BCUT2D eigenvalue weighted by Gasteiger charge is -2.00. The highest BCUT2D eigenvalue weighted by Crippen LogP contribution is 2.14. The van der Waals surface area contributed by atoms with E-state index in [1.807, 2.05) is 20.8 Å². The molecule has 0 aliphatic heterocycles. The quantitative estimate of drug-likeness (QED) is 0.707. The summed E-state index contributed by atoms with van der Waals surface area (Å²) in [7, 11) is 0. The van der Waals surface area contributed by atoms with E-state index in [4.69, 9.17) is 0 Å². The Balaban J connectivity index is 0.000000531. The standard InChI is InChI=1S/C10H8FNO.C2H6/c1-6-4-10(13)12-9-5-7(11)2-3-8(6)9;1-2/h2-5H,1H3,(H,12,13);1-2H3. The fraction of sp³-hybridized carbons (Fsp3) is 0.250. The van der Waals surface area contributed by atoms with Crippen LogP contribution in [-0.2, 0) is 0 Å². The second-order valence-corrected chi connectivity index (χ2v) is 3.01. The molecule has 2 nitrogen and oxygen atoms in total. The molecule has 3 heteroatoms. The number of fused-ring (bicyclic) bond motifs is 1. The Kier molecular flexibility index (Phi) is 3.61. The molecule has 0 aliphatic carbocycles. The SMILES string of the molecule is CC.Cc1cc(=O)[nH]c2cc(F)ccc12. The number of H-pyrrole nitrogens is 1. The Morgan fingerprint density at radius 3 is 2.53 bits per heavy atom. The molecule has 0 radical (unpaired) electrons. The summed E-state index contributed by atoms with van der Waals surface area (Å²) < 4.78 is 12.8. The minimum atomic E-state index is -0.339. The lowest BCUT2D eigenvalue weighted by atomic mass is 10.1. The first-order valence-corrected chi connectivity index (χ1v) is 4.96. The van der Waals surface area contributed by atoms with Crippen LogP contribution in [-0.4, -0.2) is 4.98 Å². The maximum absolute atomic E-state index is 12.8. The molecule has 0 aliphatic rings. The molecule has 2 rings (SSSR count). The Morgan fingerprint density at radius 1 is 1.20 bits per heavy atom. The molecule has 0 bridgehead atoms. The van der Waals surface area contributed by atoms with Crippen molar-refractivity contribution in [3.63, 3.8) is 0 Å².